The summed E-state index contributed by atoms with van der Waals surface area (Å²) >= 11 is 0. The summed E-state index contributed by atoms with van der Waals surface area (Å²) < 4.78 is 87.3. The molecule has 1 amide bonds. The zero-order valence-electron chi connectivity index (χ0n) is 28.5. The van der Waals surface area contributed by atoms with Crippen molar-refractivity contribution in [3.05, 3.63) is 149 Å². The second-order valence-corrected chi connectivity index (χ2v) is 12.7. The summed E-state index contributed by atoms with van der Waals surface area (Å²) in [5.41, 5.74) is -1.14. The lowest BCUT2D eigenvalue weighted by Gasteiger charge is -2.27. The predicted molar refractivity (Wildman–Crippen MR) is 187 cm³/mol. The average molecular weight is 720 g/mol. The van der Waals surface area contributed by atoms with Gasteiger partial charge < -0.3 is 10.1 Å². The second-order valence-electron chi connectivity index (χ2n) is 12.7. The molecule has 12 heteroatoms. The van der Waals surface area contributed by atoms with Gasteiger partial charge in [-0.05, 0) is 72.9 Å². The van der Waals surface area contributed by atoms with Crippen molar-refractivity contribution in [2.75, 3.05) is 16.8 Å². The molecule has 1 aromatic heterocycles. The highest BCUT2D eigenvalue weighted by Gasteiger charge is 2.40. The van der Waals surface area contributed by atoms with Crippen LogP contribution in [0.2, 0.25) is 0 Å². The van der Waals surface area contributed by atoms with Crippen molar-refractivity contribution in [1.29, 1.82) is 0 Å². The van der Waals surface area contributed by atoms with Crippen LogP contribution in [0.4, 0.5) is 42.6 Å². The fourth-order valence-corrected chi connectivity index (χ4v) is 5.51. The number of aryl methyl sites for hydroxylation is 1. The van der Waals surface area contributed by atoms with Crippen molar-refractivity contribution in [2.24, 2.45) is 0 Å². The van der Waals surface area contributed by atoms with E-state index in [4.69, 9.17) is 4.74 Å². The number of pyridine rings is 1. The Hall–Kier alpha value is -5.65. The maximum atomic E-state index is 13.6. The number of alkyl halides is 6. The van der Waals surface area contributed by atoms with Gasteiger partial charge in [0.1, 0.15) is 12.4 Å². The standard InChI is InChI=1S/C40H35F6N3O3/c1-26-12-10-11-17-32(26)33-21-36(49(24-27-13-6-4-7-14-27)37(51)52-25-28-15-8-5-9-16-28)48-22-34(33)47-23-35(50)38(2,3)29-18-30(39(41,42)43)20-31(19-29)40(44,45)46/h4-22,47H,23-25H2,1-3H3. The minimum atomic E-state index is -5.06. The lowest BCUT2D eigenvalue weighted by Crippen LogP contribution is -2.35. The van der Waals surface area contributed by atoms with Crippen molar-refractivity contribution >= 4 is 23.4 Å². The van der Waals surface area contributed by atoms with Gasteiger partial charge in [0.05, 0.1) is 41.5 Å². The fraction of sp³-hybridized carbons (Fsp3) is 0.225. The number of aromatic nitrogens is 1. The van der Waals surface area contributed by atoms with Crippen LogP contribution in [0.1, 0.15) is 47.2 Å². The molecule has 0 bridgehead atoms. The molecule has 0 unspecified atom stereocenters. The smallest absolute Gasteiger partial charge is 0.416 e. The zero-order chi connectivity index (χ0) is 37.7. The van der Waals surface area contributed by atoms with Gasteiger partial charge in [-0.15, -0.1) is 0 Å². The number of hydrogen-bond acceptors (Lipinski definition) is 5. The topological polar surface area (TPSA) is 71.5 Å². The summed E-state index contributed by atoms with van der Waals surface area (Å²) in [7, 11) is 0. The first kappa shape index (κ1) is 37.6. The molecule has 5 aromatic rings. The lowest BCUT2D eigenvalue weighted by molar-refractivity contribution is -0.143. The third kappa shape index (κ3) is 8.98. The Kier molecular flexibility index (Phi) is 11.1. The number of carbonyl (C=O) groups excluding carboxylic acids is 2. The molecule has 52 heavy (non-hydrogen) atoms. The van der Waals surface area contributed by atoms with Crippen molar-refractivity contribution < 1.29 is 40.7 Å². The van der Waals surface area contributed by atoms with Crippen molar-refractivity contribution in [3.63, 3.8) is 0 Å². The third-order valence-electron chi connectivity index (χ3n) is 8.66. The normalized spacial score (nSPS) is 11.9. The number of rotatable bonds is 11. The van der Waals surface area contributed by atoms with Gasteiger partial charge in [0.25, 0.3) is 0 Å². The van der Waals surface area contributed by atoms with E-state index in [0.717, 1.165) is 22.3 Å². The van der Waals surface area contributed by atoms with Crippen LogP contribution in [0.5, 0.6) is 0 Å². The number of nitrogens with one attached hydrogen (secondary N) is 1. The number of anilines is 2. The second kappa shape index (κ2) is 15.3. The molecule has 1 heterocycles. The van der Waals surface area contributed by atoms with Crippen LogP contribution >= 0.6 is 0 Å². The van der Waals surface area contributed by atoms with Gasteiger partial charge in [-0.2, -0.15) is 26.3 Å². The first-order valence-electron chi connectivity index (χ1n) is 16.2. The van der Waals surface area contributed by atoms with Crippen molar-refractivity contribution in [2.45, 2.75) is 51.7 Å². The van der Waals surface area contributed by atoms with Gasteiger partial charge in [0.15, 0.2) is 5.78 Å². The van der Waals surface area contributed by atoms with Crippen LogP contribution in [0.25, 0.3) is 11.1 Å². The largest absolute Gasteiger partial charge is 0.444 e. The maximum absolute atomic E-state index is 13.6. The molecule has 0 atom stereocenters. The summed E-state index contributed by atoms with van der Waals surface area (Å²) in [6, 6.07) is 28.6. The van der Waals surface area contributed by atoms with Crippen molar-refractivity contribution in [1.82, 2.24) is 4.98 Å². The van der Waals surface area contributed by atoms with Crippen LogP contribution in [-0.4, -0.2) is 23.4 Å². The lowest BCUT2D eigenvalue weighted by atomic mass is 9.79. The molecule has 0 aliphatic heterocycles. The van der Waals surface area contributed by atoms with E-state index in [-0.39, 0.29) is 25.0 Å². The Balaban J connectivity index is 1.48. The Bertz CT molecular complexity index is 2000. The number of benzene rings is 4. The van der Waals surface area contributed by atoms with E-state index in [1.807, 2.05) is 91.9 Å². The number of ether oxygens (including phenoxy) is 1. The highest BCUT2D eigenvalue weighted by molar-refractivity contribution is 5.94. The van der Waals surface area contributed by atoms with Gasteiger partial charge in [0, 0.05) is 5.56 Å². The molecule has 5 rings (SSSR count). The number of Topliss-reactive ketones (excluding diaryl/α,β-unsaturated/α-hetero) is 1. The summed E-state index contributed by atoms with van der Waals surface area (Å²) in [5, 5.41) is 3.00. The first-order valence-corrected chi connectivity index (χ1v) is 16.2. The molecule has 4 aromatic carbocycles. The van der Waals surface area contributed by atoms with Gasteiger partial charge in [-0.1, -0.05) is 84.9 Å². The maximum Gasteiger partial charge on any atom is 0.416 e. The van der Waals surface area contributed by atoms with E-state index in [1.165, 1.54) is 24.9 Å². The molecular weight excluding hydrogens is 684 g/mol. The van der Waals surface area contributed by atoms with Crippen LogP contribution in [-0.2, 0) is 40.5 Å². The number of nitrogens with zero attached hydrogens (tertiary/aromatic N) is 2. The van der Waals surface area contributed by atoms with Crippen LogP contribution in [0, 0.1) is 6.92 Å². The van der Waals surface area contributed by atoms with Gasteiger partial charge in [-0.25, -0.2) is 9.78 Å². The third-order valence-corrected chi connectivity index (χ3v) is 8.66. The van der Waals surface area contributed by atoms with Crippen molar-refractivity contribution in [3.8, 4) is 11.1 Å². The highest BCUT2D eigenvalue weighted by Crippen LogP contribution is 2.40. The average Bonchev–Trinajstić information content (AvgIpc) is 3.12. The van der Waals surface area contributed by atoms with E-state index in [9.17, 15) is 35.9 Å². The Morgan fingerprint density at radius 1 is 0.712 bits per heavy atom. The summed E-state index contributed by atoms with van der Waals surface area (Å²) in [6.45, 7) is 4.10. The van der Waals surface area contributed by atoms with E-state index in [1.54, 1.807) is 6.07 Å². The fourth-order valence-electron chi connectivity index (χ4n) is 5.51. The minimum Gasteiger partial charge on any atom is -0.444 e. The number of hydrogen-bond donors (Lipinski definition) is 1. The molecule has 0 fully saturated rings. The van der Waals surface area contributed by atoms with Gasteiger partial charge in [0.2, 0.25) is 0 Å². The molecular formula is C40H35F6N3O3. The number of ketones is 1. The van der Waals surface area contributed by atoms with E-state index in [2.05, 4.69) is 10.3 Å². The van der Waals surface area contributed by atoms with Crippen LogP contribution in [0.3, 0.4) is 0 Å². The molecule has 0 aliphatic carbocycles. The molecule has 0 radical (unpaired) electrons. The Labute approximate surface area is 297 Å². The van der Waals surface area contributed by atoms with Gasteiger partial charge >= 0.3 is 18.4 Å². The SMILES string of the molecule is Cc1ccccc1-c1cc(N(Cc2ccccc2)C(=O)OCc2ccccc2)ncc1NCC(=O)C(C)(C)c1cc(C(F)(F)F)cc(C(F)(F)F)c1. The molecule has 0 saturated carbocycles. The van der Waals surface area contributed by atoms with Crippen LogP contribution in [0.15, 0.2) is 115 Å². The van der Waals surface area contributed by atoms with Gasteiger partial charge in [-0.3, -0.25) is 9.69 Å². The Morgan fingerprint density at radius 2 is 1.25 bits per heavy atom. The molecule has 1 N–H and O–H groups in total. The van der Waals surface area contributed by atoms with E-state index >= 15 is 0 Å². The van der Waals surface area contributed by atoms with Crippen LogP contribution < -0.4 is 10.2 Å². The number of carbonyl (C=O) groups is 2. The molecule has 0 saturated heterocycles. The quantitative estimate of drug-likeness (QED) is 0.138. The molecule has 0 spiro atoms. The molecule has 6 nitrogen and oxygen atoms in total. The van der Waals surface area contributed by atoms with E-state index < -0.39 is 52.9 Å². The molecule has 0 aliphatic rings. The zero-order valence-corrected chi connectivity index (χ0v) is 28.5. The predicted octanol–water partition coefficient (Wildman–Crippen LogP) is 10.4. The highest BCUT2D eigenvalue weighted by atomic mass is 19.4. The Morgan fingerprint density at radius 3 is 1.83 bits per heavy atom. The monoisotopic (exact) mass is 719 g/mol. The van der Waals surface area contributed by atoms with E-state index in [0.29, 0.717) is 23.4 Å². The minimum absolute atomic E-state index is 0.0174. The summed E-state index contributed by atoms with van der Waals surface area (Å²) in [4.78, 5) is 33.2. The first-order chi connectivity index (χ1) is 24.5. The number of halogens is 6. The summed E-state index contributed by atoms with van der Waals surface area (Å²) in [5.74, 6) is -0.434. The summed E-state index contributed by atoms with van der Waals surface area (Å²) in [6.07, 6.45) is -9.36. The molecule has 270 valence electrons. The number of amides is 1.